The van der Waals surface area contributed by atoms with Crippen molar-refractivity contribution in [1.82, 2.24) is 4.57 Å². The number of amides is 2. The van der Waals surface area contributed by atoms with Crippen LogP contribution in [0.1, 0.15) is 16.1 Å². The number of carbonyl (C=O) groups is 3. The number of carboxylic acids is 1. The minimum atomic E-state index is -1.02. The summed E-state index contributed by atoms with van der Waals surface area (Å²) in [5.74, 6) is -1.45. The molecule has 6 nitrogen and oxygen atoms in total. The molecule has 1 aliphatic heterocycles. The maximum atomic E-state index is 12.8. The third kappa shape index (κ3) is 3.70. The van der Waals surface area contributed by atoms with E-state index in [4.69, 9.17) is 11.6 Å². The van der Waals surface area contributed by atoms with Gasteiger partial charge in [0.2, 0.25) is 0 Å². The van der Waals surface area contributed by atoms with Crippen molar-refractivity contribution in [3.63, 3.8) is 0 Å². The zero-order valence-corrected chi connectivity index (χ0v) is 16.4. The molecule has 1 N–H and O–H groups in total. The van der Waals surface area contributed by atoms with Crippen LogP contribution in [0.4, 0.5) is 10.5 Å². The average molecular weight is 425 g/mol. The van der Waals surface area contributed by atoms with Crippen LogP contribution in [0.3, 0.4) is 0 Å². The second-order valence-corrected chi connectivity index (χ2v) is 7.58. The molecule has 1 fully saturated rings. The van der Waals surface area contributed by atoms with Crippen LogP contribution in [-0.2, 0) is 4.79 Å². The third-order valence-corrected chi connectivity index (χ3v) is 5.43. The molecule has 0 unspecified atom stereocenters. The summed E-state index contributed by atoms with van der Waals surface area (Å²) in [4.78, 5) is 37.8. The predicted molar refractivity (Wildman–Crippen MR) is 113 cm³/mol. The van der Waals surface area contributed by atoms with Crippen LogP contribution < -0.4 is 4.90 Å². The molecule has 0 atom stereocenters. The maximum absolute atomic E-state index is 12.8. The Morgan fingerprint density at radius 2 is 1.76 bits per heavy atom. The minimum Gasteiger partial charge on any atom is -0.478 e. The Balaban J connectivity index is 1.68. The van der Waals surface area contributed by atoms with Crippen LogP contribution in [0.15, 0.2) is 71.8 Å². The summed E-state index contributed by atoms with van der Waals surface area (Å²) >= 11 is 6.73. The van der Waals surface area contributed by atoms with E-state index in [1.54, 1.807) is 71.4 Å². The standard InChI is InChI=1S/C21H13ClN2O4S/c22-14-6-8-15(9-7-14)24-19(25)18(29-21(24)28)12-17-5-2-10-23(17)16-4-1-3-13(11-16)20(26)27/h1-12H,(H,26,27)/b18-12+. The summed E-state index contributed by atoms with van der Waals surface area (Å²) < 4.78 is 1.75. The summed E-state index contributed by atoms with van der Waals surface area (Å²) in [6.07, 6.45) is 3.38. The number of hydrogen-bond acceptors (Lipinski definition) is 4. The van der Waals surface area contributed by atoms with E-state index in [0.717, 1.165) is 16.7 Å². The highest BCUT2D eigenvalue weighted by molar-refractivity contribution is 8.19. The van der Waals surface area contributed by atoms with E-state index in [2.05, 4.69) is 0 Å². The first-order valence-corrected chi connectivity index (χ1v) is 9.68. The lowest BCUT2D eigenvalue weighted by atomic mass is 10.2. The van der Waals surface area contributed by atoms with E-state index in [-0.39, 0.29) is 10.5 Å². The Kier molecular flexibility index (Phi) is 5.00. The average Bonchev–Trinajstić information content (AvgIpc) is 3.27. The largest absolute Gasteiger partial charge is 0.478 e. The van der Waals surface area contributed by atoms with E-state index in [1.165, 1.54) is 6.07 Å². The lowest BCUT2D eigenvalue weighted by Crippen LogP contribution is -2.27. The lowest BCUT2D eigenvalue weighted by Gasteiger charge is -2.12. The van der Waals surface area contributed by atoms with Gasteiger partial charge in [-0.3, -0.25) is 9.59 Å². The molecule has 0 radical (unpaired) electrons. The number of imide groups is 1. The summed E-state index contributed by atoms with van der Waals surface area (Å²) in [5.41, 5.74) is 1.89. The number of rotatable bonds is 4. The number of halogens is 1. The SMILES string of the molecule is O=C(O)c1cccc(-n2cccc2/C=C2/SC(=O)N(c3ccc(Cl)cc3)C2=O)c1. The van der Waals surface area contributed by atoms with Crippen molar-refractivity contribution in [1.29, 1.82) is 0 Å². The highest BCUT2D eigenvalue weighted by Crippen LogP contribution is 2.36. The van der Waals surface area contributed by atoms with E-state index in [1.807, 2.05) is 0 Å². The van der Waals surface area contributed by atoms with Crippen molar-refractivity contribution in [2.45, 2.75) is 0 Å². The molecule has 0 saturated carbocycles. The number of aromatic nitrogens is 1. The fourth-order valence-corrected chi connectivity index (χ4v) is 3.90. The van der Waals surface area contributed by atoms with Crippen molar-refractivity contribution in [3.05, 3.63) is 88.0 Å². The lowest BCUT2D eigenvalue weighted by molar-refractivity contribution is -0.113. The second kappa shape index (κ2) is 7.62. The zero-order valence-electron chi connectivity index (χ0n) is 14.8. The maximum Gasteiger partial charge on any atom is 0.335 e. The van der Waals surface area contributed by atoms with Gasteiger partial charge in [0.25, 0.3) is 11.1 Å². The molecule has 29 heavy (non-hydrogen) atoms. The Labute approximate surface area is 175 Å². The number of hydrogen-bond donors (Lipinski definition) is 1. The first kappa shape index (κ1) is 19.0. The second-order valence-electron chi connectivity index (χ2n) is 6.15. The monoisotopic (exact) mass is 424 g/mol. The van der Waals surface area contributed by atoms with Gasteiger partial charge in [-0.15, -0.1) is 0 Å². The number of carboxylic acid groups (broad SMARTS) is 1. The number of anilines is 1. The summed E-state index contributed by atoms with van der Waals surface area (Å²) in [6.45, 7) is 0. The first-order valence-electron chi connectivity index (χ1n) is 8.48. The van der Waals surface area contributed by atoms with Crippen LogP contribution >= 0.6 is 23.4 Å². The molecule has 144 valence electrons. The molecular weight excluding hydrogens is 412 g/mol. The van der Waals surface area contributed by atoms with Gasteiger partial charge >= 0.3 is 5.97 Å². The fraction of sp³-hybridized carbons (Fsp3) is 0. The van der Waals surface area contributed by atoms with Crippen molar-refractivity contribution < 1.29 is 19.5 Å². The Bertz CT molecular complexity index is 1170. The molecule has 2 heterocycles. The molecule has 8 heteroatoms. The minimum absolute atomic E-state index is 0.158. The van der Waals surface area contributed by atoms with E-state index in [0.29, 0.717) is 22.1 Å². The number of aromatic carboxylic acids is 1. The van der Waals surface area contributed by atoms with Gasteiger partial charge in [-0.05, 0) is 72.4 Å². The quantitative estimate of drug-likeness (QED) is 0.591. The molecule has 2 aromatic carbocycles. The van der Waals surface area contributed by atoms with Gasteiger partial charge in [-0.2, -0.15) is 0 Å². The van der Waals surface area contributed by atoms with Gasteiger partial charge in [-0.1, -0.05) is 17.7 Å². The van der Waals surface area contributed by atoms with Crippen molar-refractivity contribution in [2.24, 2.45) is 0 Å². The molecule has 0 bridgehead atoms. The Morgan fingerprint density at radius 3 is 2.48 bits per heavy atom. The van der Waals surface area contributed by atoms with Gasteiger partial charge in [0, 0.05) is 22.6 Å². The predicted octanol–water partition coefficient (Wildman–Crippen LogP) is 5.07. The van der Waals surface area contributed by atoms with Crippen molar-refractivity contribution in [2.75, 3.05) is 4.90 Å². The van der Waals surface area contributed by atoms with E-state index in [9.17, 15) is 19.5 Å². The van der Waals surface area contributed by atoms with Crippen LogP contribution in [-0.4, -0.2) is 26.8 Å². The van der Waals surface area contributed by atoms with Gasteiger partial charge in [-0.25, -0.2) is 9.69 Å². The zero-order chi connectivity index (χ0) is 20.5. The molecule has 0 spiro atoms. The topological polar surface area (TPSA) is 79.6 Å². The van der Waals surface area contributed by atoms with Crippen LogP contribution in [0.5, 0.6) is 0 Å². The van der Waals surface area contributed by atoms with Crippen LogP contribution in [0, 0.1) is 0 Å². The highest BCUT2D eigenvalue weighted by Gasteiger charge is 2.36. The number of thioether (sulfide) groups is 1. The summed E-state index contributed by atoms with van der Waals surface area (Å²) in [7, 11) is 0. The van der Waals surface area contributed by atoms with Gasteiger partial charge in [0.1, 0.15) is 0 Å². The summed E-state index contributed by atoms with van der Waals surface area (Å²) in [6, 6.07) is 16.5. The highest BCUT2D eigenvalue weighted by atomic mass is 35.5. The third-order valence-electron chi connectivity index (χ3n) is 4.31. The summed E-state index contributed by atoms with van der Waals surface area (Å²) in [5, 5.41) is 9.32. The Hall–Kier alpha value is -3.29. The van der Waals surface area contributed by atoms with Crippen LogP contribution in [0.2, 0.25) is 5.02 Å². The molecule has 3 aromatic rings. The first-order chi connectivity index (χ1) is 13.9. The number of carbonyl (C=O) groups excluding carboxylic acids is 2. The number of nitrogens with zero attached hydrogens (tertiary/aromatic N) is 2. The smallest absolute Gasteiger partial charge is 0.335 e. The van der Waals surface area contributed by atoms with Crippen molar-refractivity contribution in [3.8, 4) is 5.69 Å². The van der Waals surface area contributed by atoms with E-state index < -0.39 is 17.1 Å². The molecule has 0 aliphatic carbocycles. The van der Waals surface area contributed by atoms with Gasteiger partial charge in [0.15, 0.2) is 0 Å². The fourth-order valence-electron chi connectivity index (χ4n) is 2.95. The molecular formula is C21H13ClN2O4S. The Morgan fingerprint density at radius 1 is 1.00 bits per heavy atom. The molecule has 4 rings (SSSR count). The molecule has 1 saturated heterocycles. The van der Waals surface area contributed by atoms with Gasteiger partial charge in [0.05, 0.1) is 16.2 Å². The van der Waals surface area contributed by atoms with E-state index >= 15 is 0 Å². The molecule has 1 aromatic heterocycles. The van der Waals surface area contributed by atoms with Crippen LogP contribution in [0.25, 0.3) is 11.8 Å². The number of benzene rings is 2. The molecule has 2 amide bonds. The molecule has 1 aliphatic rings. The van der Waals surface area contributed by atoms with Crippen molar-refractivity contribution >= 4 is 52.2 Å². The normalized spacial score (nSPS) is 15.3. The van der Waals surface area contributed by atoms with Gasteiger partial charge < -0.3 is 9.67 Å².